The molecule has 3 aromatic rings. The Morgan fingerprint density at radius 2 is 1.57 bits per heavy atom. The number of aromatic nitrogens is 1. The second-order valence-electron chi connectivity index (χ2n) is 8.63. The third-order valence-corrected chi connectivity index (χ3v) is 6.20. The number of hydrogen-bond acceptors (Lipinski definition) is 4. The number of carboxylic acids is 1. The molecule has 0 saturated heterocycles. The first-order valence-corrected chi connectivity index (χ1v) is 11.3. The van der Waals surface area contributed by atoms with E-state index in [9.17, 15) is 37.1 Å². The molecule has 11 heteroatoms. The third kappa shape index (κ3) is 5.93. The number of rotatable bonds is 6. The smallest absolute Gasteiger partial charge is 0.416 e. The number of halogens is 4. The highest BCUT2D eigenvalue weighted by molar-refractivity contribution is 6.00. The lowest BCUT2D eigenvalue weighted by Crippen LogP contribution is -2.25. The van der Waals surface area contributed by atoms with Crippen molar-refractivity contribution in [2.75, 3.05) is 10.6 Å². The number of carbonyl (C=O) groups is 3. The second-order valence-corrected chi connectivity index (χ2v) is 8.63. The molecule has 0 aliphatic heterocycles. The van der Waals surface area contributed by atoms with E-state index in [0.29, 0.717) is 54.3 Å². The van der Waals surface area contributed by atoms with Gasteiger partial charge in [0.1, 0.15) is 11.5 Å². The van der Waals surface area contributed by atoms with E-state index in [1.807, 2.05) is 0 Å². The SMILES string of the molecule is O=C(Nc1ccc(-c2ccc(C(=O)C3CCCC3C(=O)O)nc2)cc1)Nc1cc(C(F)(F)F)ccc1F. The summed E-state index contributed by atoms with van der Waals surface area (Å²) in [6.07, 6.45) is -1.53. The Morgan fingerprint density at radius 3 is 2.19 bits per heavy atom. The normalized spacial score (nSPS) is 17.3. The van der Waals surface area contributed by atoms with Gasteiger partial charge in [0.05, 0.1) is 17.2 Å². The minimum absolute atomic E-state index is 0.193. The topological polar surface area (TPSA) is 108 Å². The van der Waals surface area contributed by atoms with Crippen molar-refractivity contribution >= 4 is 29.2 Å². The molecule has 1 aromatic heterocycles. The highest BCUT2D eigenvalue weighted by Gasteiger charge is 2.38. The number of urea groups is 1. The number of nitrogens with zero attached hydrogens (tertiary/aromatic N) is 1. The number of carbonyl (C=O) groups excluding carboxylic acids is 2. The number of anilines is 2. The van der Waals surface area contributed by atoms with Crippen LogP contribution in [0.3, 0.4) is 0 Å². The maximum absolute atomic E-state index is 13.9. The molecule has 0 radical (unpaired) electrons. The van der Waals surface area contributed by atoms with E-state index in [1.54, 1.807) is 18.2 Å². The predicted molar refractivity (Wildman–Crippen MR) is 127 cm³/mol. The molecule has 0 spiro atoms. The molecule has 0 bridgehead atoms. The Labute approximate surface area is 208 Å². The number of pyridine rings is 1. The summed E-state index contributed by atoms with van der Waals surface area (Å²) in [5.41, 5.74) is 0.148. The van der Waals surface area contributed by atoms with Crippen molar-refractivity contribution in [2.24, 2.45) is 11.8 Å². The monoisotopic (exact) mass is 515 g/mol. The highest BCUT2D eigenvalue weighted by atomic mass is 19.4. The number of Topliss-reactive ketones (excluding diaryl/α,β-unsaturated/α-hetero) is 1. The number of amides is 2. The van der Waals surface area contributed by atoms with Gasteiger partial charge in [0.25, 0.3) is 0 Å². The zero-order valence-corrected chi connectivity index (χ0v) is 19.2. The summed E-state index contributed by atoms with van der Waals surface area (Å²) in [7, 11) is 0. The predicted octanol–water partition coefficient (Wildman–Crippen LogP) is 6.23. The van der Waals surface area contributed by atoms with Crippen LogP contribution in [0.2, 0.25) is 0 Å². The van der Waals surface area contributed by atoms with E-state index in [0.717, 1.165) is 0 Å². The molecule has 1 fully saturated rings. The summed E-state index contributed by atoms with van der Waals surface area (Å²) in [5, 5.41) is 13.8. The average molecular weight is 515 g/mol. The lowest BCUT2D eigenvalue weighted by atomic mass is 9.90. The summed E-state index contributed by atoms with van der Waals surface area (Å²) < 4.78 is 52.4. The molecule has 1 heterocycles. The molecular weight excluding hydrogens is 494 g/mol. The summed E-state index contributed by atoms with van der Waals surface area (Å²) in [6.45, 7) is 0. The fraction of sp³-hybridized carbons (Fsp3) is 0.231. The molecule has 2 aromatic carbocycles. The zero-order valence-electron chi connectivity index (χ0n) is 19.2. The zero-order chi connectivity index (χ0) is 26.7. The minimum atomic E-state index is -4.69. The van der Waals surface area contributed by atoms with Crippen LogP contribution in [0.15, 0.2) is 60.8 Å². The number of benzene rings is 2. The average Bonchev–Trinajstić information content (AvgIpc) is 3.35. The van der Waals surface area contributed by atoms with E-state index in [-0.39, 0.29) is 11.5 Å². The molecule has 1 aliphatic rings. The molecule has 192 valence electrons. The highest BCUT2D eigenvalue weighted by Crippen LogP contribution is 2.35. The van der Waals surface area contributed by atoms with Crippen LogP contribution in [0.1, 0.15) is 35.3 Å². The largest absolute Gasteiger partial charge is 0.481 e. The summed E-state index contributed by atoms with van der Waals surface area (Å²) >= 11 is 0. The summed E-state index contributed by atoms with van der Waals surface area (Å²) in [6, 6.07) is 10.4. The maximum Gasteiger partial charge on any atom is 0.416 e. The second kappa shape index (κ2) is 10.4. The van der Waals surface area contributed by atoms with Crippen LogP contribution >= 0.6 is 0 Å². The maximum atomic E-state index is 13.9. The van der Waals surface area contributed by atoms with Crippen LogP contribution in [-0.2, 0) is 11.0 Å². The molecule has 2 amide bonds. The number of hydrogen-bond donors (Lipinski definition) is 3. The van der Waals surface area contributed by atoms with E-state index in [1.165, 1.54) is 24.4 Å². The number of aliphatic carboxylic acids is 1. The van der Waals surface area contributed by atoms with Gasteiger partial charge >= 0.3 is 18.2 Å². The Kier molecular flexibility index (Phi) is 7.23. The van der Waals surface area contributed by atoms with Crippen molar-refractivity contribution in [2.45, 2.75) is 25.4 Å². The van der Waals surface area contributed by atoms with Gasteiger partial charge in [-0.05, 0) is 54.8 Å². The van der Waals surface area contributed by atoms with Crippen molar-refractivity contribution < 1.29 is 37.1 Å². The van der Waals surface area contributed by atoms with Crippen molar-refractivity contribution in [3.8, 4) is 11.1 Å². The number of ketones is 1. The molecule has 1 saturated carbocycles. The first kappa shape index (κ1) is 25.8. The Morgan fingerprint density at radius 1 is 0.892 bits per heavy atom. The molecule has 4 rings (SSSR count). The lowest BCUT2D eigenvalue weighted by Gasteiger charge is -2.14. The van der Waals surface area contributed by atoms with Gasteiger partial charge in [-0.1, -0.05) is 24.6 Å². The van der Waals surface area contributed by atoms with E-state index >= 15 is 0 Å². The van der Waals surface area contributed by atoms with Gasteiger partial charge in [0.15, 0.2) is 5.78 Å². The van der Waals surface area contributed by atoms with Gasteiger partial charge in [-0.15, -0.1) is 0 Å². The molecule has 1 aliphatic carbocycles. The summed E-state index contributed by atoms with van der Waals surface area (Å²) in [4.78, 5) is 40.5. The van der Waals surface area contributed by atoms with Crippen LogP contribution in [0, 0.1) is 17.7 Å². The van der Waals surface area contributed by atoms with Gasteiger partial charge in [-0.3, -0.25) is 14.6 Å². The minimum Gasteiger partial charge on any atom is -0.481 e. The van der Waals surface area contributed by atoms with Crippen LogP contribution in [0.5, 0.6) is 0 Å². The van der Waals surface area contributed by atoms with Crippen LogP contribution < -0.4 is 10.6 Å². The molecule has 7 nitrogen and oxygen atoms in total. The fourth-order valence-electron chi connectivity index (χ4n) is 4.30. The first-order valence-electron chi connectivity index (χ1n) is 11.3. The van der Waals surface area contributed by atoms with E-state index in [4.69, 9.17) is 0 Å². The van der Waals surface area contributed by atoms with Crippen LogP contribution in [0.4, 0.5) is 33.7 Å². The summed E-state index contributed by atoms with van der Waals surface area (Å²) in [5.74, 6) is -3.57. The lowest BCUT2D eigenvalue weighted by molar-refractivity contribution is -0.142. The molecular formula is C26H21F4N3O4. The van der Waals surface area contributed by atoms with Crippen LogP contribution in [-0.4, -0.2) is 27.9 Å². The van der Waals surface area contributed by atoms with Crippen molar-refractivity contribution in [3.63, 3.8) is 0 Å². The van der Waals surface area contributed by atoms with Gasteiger partial charge in [0.2, 0.25) is 0 Å². The van der Waals surface area contributed by atoms with Crippen molar-refractivity contribution in [3.05, 3.63) is 77.9 Å². The quantitative estimate of drug-likeness (QED) is 0.266. The molecule has 2 atom stereocenters. The van der Waals surface area contributed by atoms with Crippen molar-refractivity contribution in [1.82, 2.24) is 4.98 Å². The van der Waals surface area contributed by atoms with Crippen molar-refractivity contribution in [1.29, 1.82) is 0 Å². The van der Waals surface area contributed by atoms with Gasteiger partial charge in [-0.2, -0.15) is 13.2 Å². The Balaban J connectivity index is 1.40. The number of nitrogens with one attached hydrogen (secondary N) is 2. The molecule has 37 heavy (non-hydrogen) atoms. The van der Waals surface area contributed by atoms with Gasteiger partial charge < -0.3 is 15.7 Å². The van der Waals surface area contributed by atoms with Gasteiger partial charge in [0, 0.05) is 23.4 Å². The number of alkyl halides is 3. The molecule has 3 N–H and O–H groups in total. The standard InChI is InChI=1S/C26H21F4N3O4/c27-20-10-7-16(26(28,29)30)12-22(20)33-25(37)32-17-8-4-14(5-9-17)15-6-11-21(31-13-15)23(34)18-2-1-3-19(18)24(35)36/h4-13,18-19H,1-3H2,(H,35,36)(H2,32,33,37). The van der Waals surface area contributed by atoms with Gasteiger partial charge in [-0.25, -0.2) is 9.18 Å². The third-order valence-electron chi connectivity index (χ3n) is 6.20. The Bertz CT molecular complexity index is 1330. The van der Waals surface area contributed by atoms with E-state index < -0.39 is 47.1 Å². The fourth-order valence-corrected chi connectivity index (χ4v) is 4.30. The van der Waals surface area contributed by atoms with Crippen LogP contribution in [0.25, 0.3) is 11.1 Å². The van der Waals surface area contributed by atoms with E-state index in [2.05, 4.69) is 15.6 Å². The number of carboxylic acid groups (broad SMARTS) is 1. The molecule has 2 unspecified atom stereocenters. The Hall–Kier alpha value is -4.28. The first-order chi connectivity index (χ1) is 17.5.